The van der Waals surface area contributed by atoms with E-state index >= 15 is 0 Å². The third-order valence-corrected chi connectivity index (χ3v) is 4.83. The van der Waals surface area contributed by atoms with Gasteiger partial charge in [0.15, 0.2) is 11.5 Å². The van der Waals surface area contributed by atoms with Gasteiger partial charge >= 0.3 is 0 Å². The topological polar surface area (TPSA) is 74.1 Å². The second-order valence-corrected chi connectivity index (χ2v) is 6.43. The van der Waals surface area contributed by atoms with Crippen molar-refractivity contribution in [2.45, 2.75) is 19.1 Å². The Morgan fingerprint density at radius 1 is 1.52 bits per heavy atom. The number of aromatic nitrogens is 2. The minimum absolute atomic E-state index is 0.231. The van der Waals surface area contributed by atoms with E-state index in [1.54, 1.807) is 17.5 Å². The van der Waals surface area contributed by atoms with Crippen molar-refractivity contribution < 1.29 is 4.74 Å². The molecule has 0 amide bonds. The summed E-state index contributed by atoms with van der Waals surface area (Å²) in [4.78, 5) is 12.0. The standard InChI is InChI=1S/C16H19N5OS/c1-12-11-21(6-7-22-12)14(15-3-2-8-23-15)10-20-16-13(9-17)18-4-5-19-16/h2-5,8,12,14H,6-7,10-11H2,1H3,(H,19,20)/t12-,14+/m0/s1. The van der Waals surface area contributed by atoms with E-state index in [-0.39, 0.29) is 12.1 Å². The molecule has 1 aliphatic heterocycles. The maximum atomic E-state index is 9.13. The van der Waals surface area contributed by atoms with Gasteiger partial charge in [0, 0.05) is 36.9 Å². The molecule has 1 aliphatic rings. The van der Waals surface area contributed by atoms with Crippen LogP contribution in [0, 0.1) is 11.3 Å². The van der Waals surface area contributed by atoms with E-state index in [2.05, 4.69) is 50.7 Å². The molecule has 2 aromatic heterocycles. The predicted octanol–water partition coefficient (Wildman–Crippen LogP) is 2.28. The zero-order valence-corrected chi connectivity index (χ0v) is 13.8. The normalized spacial score (nSPS) is 19.9. The Labute approximate surface area is 139 Å². The Morgan fingerprint density at radius 3 is 3.13 bits per heavy atom. The van der Waals surface area contributed by atoms with Crippen molar-refractivity contribution in [3.8, 4) is 6.07 Å². The first kappa shape index (κ1) is 15.9. The summed E-state index contributed by atoms with van der Waals surface area (Å²) in [6, 6.07) is 6.53. The molecule has 0 aromatic carbocycles. The monoisotopic (exact) mass is 329 g/mol. The largest absolute Gasteiger partial charge is 0.376 e. The highest BCUT2D eigenvalue weighted by Crippen LogP contribution is 2.27. The average molecular weight is 329 g/mol. The van der Waals surface area contributed by atoms with E-state index in [0.717, 1.165) is 19.7 Å². The number of nitrogens with zero attached hydrogens (tertiary/aromatic N) is 4. The van der Waals surface area contributed by atoms with Crippen LogP contribution in [-0.4, -0.2) is 47.2 Å². The van der Waals surface area contributed by atoms with E-state index in [1.807, 2.05) is 0 Å². The van der Waals surface area contributed by atoms with E-state index < -0.39 is 0 Å². The molecular weight excluding hydrogens is 310 g/mol. The number of nitriles is 1. The molecule has 0 spiro atoms. The molecule has 2 aromatic rings. The van der Waals surface area contributed by atoms with Crippen LogP contribution in [0.4, 0.5) is 5.82 Å². The molecule has 0 aliphatic carbocycles. The van der Waals surface area contributed by atoms with Crippen LogP contribution in [0.25, 0.3) is 0 Å². The van der Waals surface area contributed by atoms with E-state index in [1.165, 1.54) is 11.1 Å². The molecule has 1 fully saturated rings. The number of hydrogen-bond acceptors (Lipinski definition) is 7. The number of rotatable bonds is 5. The van der Waals surface area contributed by atoms with Crippen LogP contribution in [0.5, 0.6) is 0 Å². The molecule has 1 saturated heterocycles. The van der Waals surface area contributed by atoms with Crippen LogP contribution in [0.1, 0.15) is 23.5 Å². The van der Waals surface area contributed by atoms with Crippen molar-refractivity contribution in [2.24, 2.45) is 0 Å². The van der Waals surface area contributed by atoms with Crippen LogP contribution in [0.15, 0.2) is 29.9 Å². The van der Waals surface area contributed by atoms with Gasteiger partial charge in [-0.3, -0.25) is 4.90 Å². The zero-order valence-electron chi connectivity index (χ0n) is 13.0. The quantitative estimate of drug-likeness (QED) is 0.907. The summed E-state index contributed by atoms with van der Waals surface area (Å²) < 4.78 is 5.65. The van der Waals surface area contributed by atoms with Gasteiger partial charge in [0.1, 0.15) is 6.07 Å². The fourth-order valence-electron chi connectivity index (χ4n) is 2.76. The molecule has 23 heavy (non-hydrogen) atoms. The van der Waals surface area contributed by atoms with Crippen molar-refractivity contribution in [1.29, 1.82) is 5.26 Å². The van der Waals surface area contributed by atoms with Gasteiger partial charge in [-0.1, -0.05) is 6.07 Å². The summed E-state index contributed by atoms with van der Waals surface area (Å²) in [5.41, 5.74) is 0.327. The zero-order chi connectivity index (χ0) is 16.1. The smallest absolute Gasteiger partial charge is 0.182 e. The third-order valence-electron chi connectivity index (χ3n) is 3.85. The van der Waals surface area contributed by atoms with Gasteiger partial charge in [-0.15, -0.1) is 11.3 Å². The Hall–Kier alpha value is -2.01. The first-order valence-corrected chi connectivity index (χ1v) is 8.50. The van der Waals surface area contributed by atoms with Crippen molar-refractivity contribution in [3.63, 3.8) is 0 Å². The summed E-state index contributed by atoms with van der Waals surface area (Å²) in [7, 11) is 0. The van der Waals surface area contributed by atoms with Crippen LogP contribution < -0.4 is 5.32 Å². The number of hydrogen-bond donors (Lipinski definition) is 1. The maximum Gasteiger partial charge on any atom is 0.182 e. The summed E-state index contributed by atoms with van der Waals surface area (Å²) in [5, 5.41) is 14.5. The van der Waals surface area contributed by atoms with Gasteiger partial charge in [0.2, 0.25) is 0 Å². The molecule has 0 unspecified atom stereocenters. The lowest BCUT2D eigenvalue weighted by Gasteiger charge is -2.37. The molecule has 120 valence electrons. The molecule has 0 bridgehead atoms. The number of nitrogens with one attached hydrogen (secondary N) is 1. The molecule has 2 atom stereocenters. The summed E-state index contributed by atoms with van der Waals surface area (Å²) in [6.45, 7) is 5.33. The van der Waals surface area contributed by atoms with Crippen LogP contribution in [-0.2, 0) is 4.74 Å². The molecule has 3 rings (SSSR count). The number of thiophene rings is 1. The molecule has 0 saturated carbocycles. The minimum Gasteiger partial charge on any atom is -0.376 e. The van der Waals surface area contributed by atoms with Gasteiger partial charge in [-0.05, 0) is 18.4 Å². The van der Waals surface area contributed by atoms with Gasteiger partial charge in [-0.2, -0.15) is 5.26 Å². The average Bonchev–Trinajstić information content (AvgIpc) is 3.10. The molecule has 3 heterocycles. The lowest BCUT2D eigenvalue weighted by Crippen LogP contribution is -2.44. The molecule has 7 heteroatoms. The first-order chi connectivity index (χ1) is 11.3. The van der Waals surface area contributed by atoms with Crippen molar-refractivity contribution in [2.75, 3.05) is 31.6 Å². The Kier molecular flexibility index (Phi) is 5.18. The lowest BCUT2D eigenvalue weighted by atomic mass is 10.1. The number of morpholine rings is 1. The van der Waals surface area contributed by atoms with E-state index in [4.69, 9.17) is 10.00 Å². The van der Waals surface area contributed by atoms with Crippen molar-refractivity contribution in [3.05, 3.63) is 40.5 Å². The fourth-order valence-corrected chi connectivity index (χ4v) is 3.62. The third kappa shape index (κ3) is 3.85. The van der Waals surface area contributed by atoms with Gasteiger partial charge in [0.25, 0.3) is 0 Å². The molecule has 0 radical (unpaired) electrons. The highest BCUT2D eigenvalue weighted by atomic mass is 32.1. The highest BCUT2D eigenvalue weighted by molar-refractivity contribution is 7.10. The molecule has 6 nitrogen and oxygen atoms in total. The number of ether oxygens (including phenoxy) is 1. The van der Waals surface area contributed by atoms with Gasteiger partial charge < -0.3 is 10.1 Å². The Balaban J connectivity index is 1.75. The van der Waals surface area contributed by atoms with Gasteiger partial charge in [-0.25, -0.2) is 9.97 Å². The number of anilines is 1. The SMILES string of the molecule is C[C@H]1CN([C@H](CNc2nccnc2C#N)c2cccs2)CCO1. The van der Waals surface area contributed by atoms with Crippen LogP contribution in [0.3, 0.4) is 0 Å². The lowest BCUT2D eigenvalue weighted by molar-refractivity contribution is -0.0322. The summed E-state index contributed by atoms with van der Waals surface area (Å²) >= 11 is 1.75. The summed E-state index contributed by atoms with van der Waals surface area (Å²) in [6.07, 6.45) is 3.36. The maximum absolute atomic E-state index is 9.13. The first-order valence-electron chi connectivity index (χ1n) is 7.62. The van der Waals surface area contributed by atoms with E-state index in [9.17, 15) is 0 Å². The van der Waals surface area contributed by atoms with Crippen LogP contribution >= 0.6 is 11.3 Å². The Morgan fingerprint density at radius 2 is 2.39 bits per heavy atom. The second kappa shape index (κ2) is 7.51. The van der Waals surface area contributed by atoms with Crippen LogP contribution in [0.2, 0.25) is 0 Å². The molecule has 1 N–H and O–H groups in total. The van der Waals surface area contributed by atoms with E-state index in [0.29, 0.717) is 18.1 Å². The predicted molar refractivity (Wildman–Crippen MR) is 89.3 cm³/mol. The van der Waals surface area contributed by atoms with Crippen molar-refractivity contribution in [1.82, 2.24) is 14.9 Å². The molecular formula is C16H19N5OS. The summed E-state index contributed by atoms with van der Waals surface area (Å²) in [5.74, 6) is 0.540. The second-order valence-electron chi connectivity index (χ2n) is 5.45. The van der Waals surface area contributed by atoms with Gasteiger partial charge in [0.05, 0.1) is 18.8 Å². The minimum atomic E-state index is 0.231. The van der Waals surface area contributed by atoms with Crippen molar-refractivity contribution >= 4 is 17.2 Å². The fraction of sp³-hybridized carbons (Fsp3) is 0.438. The highest BCUT2D eigenvalue weighted by Gasteiger charge is 2.26. The Bertz CT molecular complexity index is 669.